The third kappa shape index (κ3) is 2.74. The second kappa shape index (κ2) is 5.36. The molecular formula is C15H11BrN2O. The van der Waals surface area contributed by atoms with Gasteiger partial charge in [-0.3, -0.25) is 0 Å². The van der Waals surface area contributed by atoms with Crippen molar-refractivity contribution >= 4 is 15.9 Å². The lowest BCUT2D eigenvalue weighted by molar-refractivity contribution is 0.518. The second-order valence-electron chi connectivity index (χ2n) is 4.14. The normalized spacial score (nSPS) is 10.6. The molecule has 0 bridgehead atoms. The molecule has 2 aromatic carbocycles. The fourth-order valence-corrected chi connectivity index (χ4v) is 2.29. The van der Waals surface area contributed by atoms with Crippen LogP contribution in [0.3, 0.4) is 0 Å². The van der Waals surface area contributed by atoms with Gasteiger partial charge in [-0.2, -0.15) is 0 Å². The van der Waals surface area contributed by atoms with Gasteiger partial charge in [-0.05, 0) is 33.6 Å². The van der Waals surface area contributed by atoms with Gasteiger partial charge in [0, 0.05) is 4.47 Å². The quantitative estimate of drug-likeness (QED) is 0.731. The molecule has 4 heteroatoms. The van der Waals surface area contributed by atoms with Crippen LogP contribution >= 0.6 is 15.9 Å². The first kappa shape index (κ1) is 12.1. The van der Waals surface area contributed by atoms with Gasteiger partial charge in [0.2, 0.25) is 11.8 Å². The molecule has 0 aliphatic rings. The van der Waals surface area contributed by atoms with Crippen molar-refractivity contribution in [2.75, 3.05) is 0 Å². The maximum atomic E-state index is 5.70. The molecule has 94 valence electrons. The van der Waals surface area contributed by atoms with E-state index in [2.05, 4.69) is 26.1 Å². The van der Waals surface area contributed by atoms with E-state index in [1.54, 1.807) is 0 Å². The Kier molecular flexibility index (Phi) is 3.42. The van der Waals surface area contributed by atoms with E-state index in [1.165, 1.54) is 0 Å². The Balaban J connectivity index is 1.86. The van der Waals surface area contributed by atoms with Crippen molar-refractivity contribution in [3.63, 3.8) is 0 Å². The Labute approximate surface area is 119 Å². The maximum Gasteiger partial charge on any atom is 0.248 e. The van der Waals surface area contributed by atoms with E-state index in [0.29, 0.717) is 18.2 Å². The summed E-state index contributed by atoms with van der Waals surface area (Å²) in [6, 6.07) is 17.9. The molecule has 19 heavy (non-hydrogen) atoms. The summed E-state index contributed by atoms with van der Waals surface area (Å²) >= 11 is 3.48. The van der Waals surface area contributed by atoms with Crippen LogP contribution in [0.1, 0.15) is 11.5 Å². The molecule has 3 aromatic rings. The van der Waals surface area contributed by atoms with E-state index in [-0.39, 0.29) is 0 Å². The van der Waals surface area contributed by atoms with Gasteiger partial charge < -0.3 is 4.42 Å². The summed E-state index contributed by atoms with van der Waals surface area (Å²) in [5.74, 6) is 1.16. The van der Waals surface area contributed by atoms with Crippen LogP contribution in [0.5, 0.6) is 0 Å². The first-order chi connectivity index (χ1) is 9.33. The number of benzene rings is 2. The van der Waals surface area contributed by atoms with Gasteiger partial charge in [0.25, 0.3) is 0 Å². The van der Waals surface area contributed by atoms with E-state index >= 15 is 0 Å². The molecule has 1 heterocycles. The number of halogens is 1. The molecule has 0 atom stereocenters. The summed E-state index contributed by atoms with van der Waals surface area (Å²) in [4.78, 5) is 0. The van der Waals surface area contributed by atoms with Crippen LogP contribution in [0, 0.1) is 0 Å². The number of nitrogens with zero attached hydrogens (tertiary/aromatic N) is 2. The molecule has 0 radical (unpaired) electrons. The van der Waals surface area contributed by atoms with Gasteiger partial charge in [-0.1, -0.05) is 42.5 Å². The minimum absolute atomic E-state index is 0.540. The molecule has 0 aliphatic carbocycles. The fourth-order valence-electron chi connectivity index (χ4n) is 1.84. The van der Waals surface area contributed by atoms with Gasteiger partial charge >= 0.3 is 0 Å². The van der Waals surface area contributed by atoms with Crippen LogP contribution in [0.2, 0.25) is 0 Å². The molecule has 0 N–H and O–H groups in total. The summed E-state index contributed by atoms with van der Waals surface area (Å²) in [6.45, 7) is 0. The molecule has 0 unspecified atom stereocenters. The minimum Gasteiger partial charge on any atom is -0.420 e. The average Bonchev–Trinajstić information content (AvgIpc) is 2.89. The molecule has 0 spiro atoms. The first-order valence-electron chi connectivity index (χ1n) is 5.94. The van der Waals surface area contributed by atoms with Gasteiger partial charge in [0.1, 0.15) is 0 Å². The van der Waals surface area contributed by atoms with Gasteiger partial charge in [0.05, 0.1) is 12.0 Å². The van der Waals surface area contributed by atoms with Crippen LogP contribution in [-0.4, -0.2) is 10.2 Å². The second-order valence-corrected chi connectivity index (χ2v) is 5.00. The van der Waals surface area contributed by atoms with E-state index in [4.69, 9.17) is 4.42 Å². The minimum atomic E-state index is 0.540. The lowest BCUT2D eigenvalue weighted by Gasteiger charge is -1.97. The zero-order chi connectivity index (χ0) is 13.1. The Morgan fingerprint density at radius 3 is 2.42 bits per heavy atom. The number of rotatable bonds is 3. The van der Waals surface area contributed by atoms with Crippen molar-refractivity contribution in [3.05, 3.63) is 70.5 Å². The number of hydrogen-bond acceptors (Lipinski definition) is 3. The zero-order valence-corrected chi connectivity index (χ0v) is 11.7. The summed E-state index contributed by atoms with van der Waals surface area (Å²) in [5, 5.41) is 8.19. The summed E-state index contributed by atoms with van der Waals surface area (Å²) in [7, 11) is 0. The lowest BCUT2D eigenvalue weighted by Crippen LogP contribution is -1.87. The van der Waals surface area contributed by atoms with Gasteiger partial charge in [0.15, 0.2) is 0 Å². The number of aromatic nitrogens is 2. The zero-order valence-electron chi connectivity index (χ0n) is 10.1. The van der Waals surface area contributed by atoms with Crippen LogP contribution in [0.25, 0.3) is 11.5 Å². The molecule has 0 amide bonds. The van der Waals surface area contributed by atoms with Crippen molar-refractivity contribution in [1.29, 1.82) is 0 Å². The lowest BCUT2D eigenvalue weighted by atomic mass is 10.1. The van der Waals surface area contributed by atoms with E-state index in [9.17, 15) is 0 Å². The third-order valence-electron chi connectivity index (χ3n) is 2.77. The molecule has 0 saturated heterocycles. The Morgan fingerprint density at radius 1 is 0.895 bits per heavy atom. The van der Waals surface area contributed by atoms with Gasteiger partial charge in [-0.25, -0.2) is 0 Å². The van der Waals surface area contributed by atoms with Crippen molar-refractivity contribution < 1.29 is 4.42 Å². The molecule has 0 aliphatic heterocycles. The predicted molar refractivity (Wildman–Crippen MR) is 76.7 cm³/mol. The standard InChI is InChI=1S/C15H11BrN2O/c16-13-9-5-4-8-12(13)15-18-17-14(19-15)10-11-6-2-1-3-7-11/h1-9H,10H2. The highest BCUT2D eigenvalue weighted by Crippen LogP contribution is 2.26. The highest BCUT2D eigenvalue weighted by Gasteiger charge is 2.11. The number of hydrogen-bond donors (Lipinski definition) is 0. The van der Waals surface area contributed by atoms with E-state index in [1.807, 2.05) is 54.6 Å². The molecular weight excluding hydrogens is 304 g/mol. The Morgan fingerprint density at radius 2 is 1.63 bits per heavy atom. The highest BCUT2D eigenvalue weighted by molar-refractivity contribution is 9.10. The fraction of sp³-hybridized carbons (Fsp3) is 0.0667. The van der Waals surface area contributed by atoms with E-state index in [0.717, 1.165) is 15.6 Å². The largest absolute Gasteiger partial charge is 0.420 e. The molecule has 0 saturated carbocycles. The van der Waals surface area contributed by atoms with Crippen molar-refractivity contribution in [2.24, 2.45) is 0 Å². The highest BCUT2D eigenvalue weighted by atomic mass is 79.9. The third-order valence-corrected chi connectivity index (χ3v) is 3.46. The molecule has 3 rings (SSSR count). The van der Waals surface area contributed by atoms with Crippen LogP contribution in [-0.2, 0) is 6.42 Å². The molecule has 3 nitrogen and oxygen atoms in total. The van der Waals surface area contributed by atoms with Crippen LogP contribution < -0.4 is 0 Å². The van der Waals surface area contributed by atoms with Crippen molar-refractivity contribution in [2.45, 2.75) is 6.42 Å². The van der Waals surface area contributed by atoms with Crippen molar-refractivity contribution in [3.8, 4) is 11.5 Å². The topological polar surface area (TPSA) is 38.9 Å². The first-order valence-corrected chi connectivity index (χ1v) is 6.73. The van der Waals surface area contributed by atoms with Gasteiger partial charge in [-0.15, -0.1) is 10.2 Å². The average molecular weight is 315 g/mol. The predicted octanol–water partition coefficient (Wildman–Crippen LogP) is 4.09. The molecule has 0 fully saturated rings. The SMILES string of the molecule is Brc1ccccc1-c1nnc(Cc2ccccc2)o1. The molecule has 1 aromatic heterocycles. The summed E-state index contributed by atoms with van der Waals surface area (Å²) in [5.41, 5.74) is 2.07. The monoisotopic (exact) mass is 314 g/mol. The summed E-state index contributed by atoms with van der Waals surface area (Å²) in [6.07, 6.45) is 0.651. The summed E-state index contributed by atoms with van der Waals surface area (Å²) < 4.78 is 6.65. The van der Waals surface area contributed by atoms with Crippen LogP contribution in [0.15, 0.2) is 63.5 Å². The maximum absolute atomic E-state index is 5.70. The smallest absolute Gasteiger partial charge is 0.248 e. The Bertz CT molecular complexity index is 679. The van der Waals surface area contributed by atoms with Crippen molar-refractivity contribution in [1.82, 2.24) is 10.2 Å². The van der Waals surface area contributed by atoms with Crippen LogP contribution in [0.4, 0.5) is 0 Å². The Hall–Kier alpha value is -1.94. The van der Waals surface area contributed by atoms with E-state index < -0.39 is 0 Å².